The Balaban J connectivity index is 2.11. The average molecular weight is 434 g/mol. The number of rotatable bonds is 2. The van der Waals surface area contributed by atoms with Gasteiger partial charge in [-0.25, -0.2) is 9.18 Å². The van der Waals surface area contributed by atoms with Crippen LogP contribution < -0.4 is 5.69 Å². The molecule has 0 aliphatic carbocycles. The minimum absolute atomic E-state index is 0.0733. The number of benzene rings is 2. The van der Waals surface area contributed by atoms with Crippen molar-refractivity contribution in [3.05, 3.63) is 67.3 Å². The van der Waals surface area contributed by atoms with Gasteiger partial charge in [0, 0.05) is 4.47 Å². The molecule has 1 unspecified atom stereocenters. The molecule has 0 aliphatic rings. The lowest BCUT2D eigenvalue weighted by Gasteiger charge is -2.13. The summed E-state index contributed by atoms with van der Waals surface area (Å²) >= 11 is 12.9. The molecule has 0 amide bonds. The molecule has 2 aromatic carbocycles. The first-order valence-electron chi connectivity index (χ1n) is 5.96. The monoisotopic (exact) mass is 432 g/mol. The largest absolute Gasteiger partial charge is 0.323 e. The van der Waals surface area contributed by atoms with Crippen LogP contribution in [0.2, 0.25) is 5.02 Å². The van der Waals surface area contributed by atoms with Crippen molar-refractivity contribution in [1.29, 1.82) is 0 Å². The van der Waals surface area contributed by atoms with E-state index >= 15 is 0 Å². The van der Waals surface area contributed by atoms with Crippen LogP contribution in [-0.2, 0) is 0 Å². The Labute approximate surface area is 140 Å². The maximum absolute atomic E-state index is 13.3. The van der Waals surface area contributed by atoms with Gasteiger partial charge in [-0.1, -0.05) is 49.5 Å². The summed E-state index contributed by atoms with van der Waals surface area (Å²) in [7, 11) is 0. The molecule has 3 aromatic rings. The molecule has 0 radical (unpaired) electrons. The number of fused-ring (bicyclic) bond motifs is 1. The van der Waals surface area contributed by atoms with Crippen LogP contribution in [-0.4, -0.2) is 9.97 Å². The lowest BCUT2D eigenvalue weighted by atomic mass is 10.0. The Hall–Kier alpha value is -1.11. The number of hydrogen-bond acceptors (Lipinski definition) is 1. The number of alkyl halides is 1. The highest BCUT2D eigenvalue weighted by atomic mass is 79.9. The molecular formula is C14H8Br2ClFN2O. The standard InChI is InChI=1S/C14H8Br2ClFN2O/c15-8-5-12-11(19-14(21)20-12)4-7(8)13(16)6-1-2-10(18)9(17)3-6/h1-5,13H,(H2,19,20,21). The Bertz CT molecular complexity index is 890. The predicted octanol–water partition coefficient (Wildman–Crippen LogP) is 4.90. The van der Waals surface area contributed by atoms with E-state index in [1.807, 2.05) is 12.1 Å². The van der Waals surface area contributed by atoms with Gasteiger partial charge in [-0.15, -0.1) is 0 Å². The van der Waals surface area contributed by atoms with E-state index in [1.54, 1.807) is 12.1 Å². The third-order valence-electron chi connectivity index (χ3n) is 3.14. The van der Waals surface area contributed by atoms with Crippen LogP contribution in [0.15, 0.2) is 39.6 Å². The summed E-state index contributed by atoms with van der Waals surface area (Å²) in [5.74, 6) is -0.454. The second-order valence-electron chi connectivity index (χ2n) is 4.53. The van der Waals surface area contributed by atoms with Crippen LogP contribution in [0.3, 0.4) is 0 Å². The highest BCUT2D eigenvalue weighted by Crippen LogP contribution is 2.37. The zero-order valence-corrected chi connectivity index (χ0v) is 14.3. The van der Waals surface area contributed by atoms with Crippen molar-refractivity contribution in [2.45, 2.75) is 4.83 Å². The molecule has 3 nitrogen and oxygen atoms in total. The summed E-state index contributed by atoms with van der Waals surface area (Å²) in [5.41, 5.74) is 2.88. The minimum Gasteiger partial charge on any atom is -0.306 e. The predicted molar refractivity (Wildman–Crippen MR) is 88.8 cm³/mol. The number of H-pyrrole nitrogens is 2. The first-order valence-corrected chi connectivity index (χ1v) is 8.05. The molecule has 7 heteroatoms. The highest BCUT2D eigenvalue weighted by molar-refractivity contribution is 9.11. The van der Waals surface area contributed by atoms with Crippen molar-refractivity contribution in [1.82, 2.24) is 9.97 Å². The van der Waals surface area contributed by atoms with Crippen LogP contribution in [0, 0.1) is 5.82 Å². The van der Waals surface area contributed by atoms with Gasteiger partial charge >= 0.3 is 5.69 Å². The van der Waals surface area contributed by atoms with Crippen LogP contribution >= 0.6 is 43.5 Å². The van der Waals surface area contributed by atoms with Crippen molar-refractivity contribution < 1.29 is 4.39 Å². The average Bonchev–Trinajstić information content (AvgIpc) is 2.79. The van der Waals surface area contributed by atoms with E-state index in [4.69, 9.17) is 11.6 Å². The van der Waals surface area contributed by atoms with Crippen molar-refractivity contribution >= 4 is 54.5 Å². The van der Waals surface area contributed by atoms with Gasteiger partial charge < -0.3 is 9.97 Å². The number of aromatic amines is 2. The number of hydrogen-bond donors (Lipinski definition) is 2. The van der Waals surface area contributed by atoms with Crippen LogP contribution in [0.5, 0.6) is 0 Å². The van der Waals surface area contributed by atoms with E-state index in [2.05, 4.69) is 41.8 Å². The van der Waals surface area contributed by atoms with E-state index in [1.165, 1.54) is 6.07 Å². The molecular weight excluding hydrogens is 426 g/mol. The van der Waals surface area contributed by atoms with E-state index in [-0.39, 0.29) is 15.5 Å². The minimum atomic E-state index is -0.454. The Morgan fingerprint density at radius 3 is 2.48 bits per heavy atom. The third kappa shape index (κ3) is 2.80. The third-order valence-corrected chi connectivity index (χ3v) is 5.14. The lowest BCUT2D eigenvalue weighted by Crippen LogP contribution is -1.99. The van der Waals surface area contributed by atoms with Crippen molar-refractivity contribution in [2.75, 3.05) is 0 Å². The molecule has 0 saturated heterocycles. The first-order chi connectivity index (χ1) is 9.95. The highest BCUT2D eigenvalue weighted by Gasteiger charge is 2.16. The van der Waals surface area contributed by atoms with Gasteiger partial charge in [-0.05, 0) is 35.4 Å². The zero-order valence-electron chi connectivity index (χ0n) is 10.4. The summed E-state index contributed by atoms with van der Waals surface area (Å²) in [6.45, 7) is 0. The normalized spacial score (nSPS) is 12.8. The van der Waals surface area contributed by atoms with Crippen LogP contribution in [0.4, 0.5) is 4.39 Å². The maximum Gasteiger partial charge on any atom is 0.323 e. The molecule has 1 aromatic heterocycles. The summed E-state index contributed by atoms with van der Waals surface area (Å²) < 4.78 is 14.1. The summed E-state index contributed by atoms with van der Waals surface area (Å²) in [6.07, 6.45) is 0. The van der Waals surface area contributed by atoms with Crippen LogP contribution in [0.25, 0.3) is 11.0 Å². The molecule has 0 saturated carbocycles. The fraction of sp³-hybridized carbons (Fsp3) is 0.0714. The summed E-state index contributed by atoms with van der Waals surface area (Å²) in [5, 5.41) is 0.0733. The molecule has 108 valence electrons. The van der Waals surface area contributed by atoms with Crippen molar-refractivity contribution in [2.24, 2.45) is 0 Å². The zero-order chi connectivity index (χ0) is 15.1. The van der Waals surface area contributed by atoms with Gasteiger partial charge in [0.1, 0.15) is 5.82 Å². The fourth-order valence-electron chi connectivity index (χ4n) is 2.12. The van der Waals surface area contributed by atoms with Crippen molar-refractivity contribution in [3.63, 3.8) is 0 Å². The van der Waals surface area contributed by atoms with E-state index < -0.39 is 5.82 Å². The van der Waals surface area contributed by atoms with Gasteiger partial charge in [0.25, 0.3) is 0 Å². The molecule has 0 fully saturated rings. The number of aromatic nitrogens is 2. The van der Waals surface area contributed by atoms with Gasteiger partial charge in [-0.2, -0.15) is 0 Å². The van der Waals surface area contributed by atoms with Gasteiger partial charge in [-0.3, -0.25) is 0 Å². The smallest absolute Gasteiger partial charge is 0.306 e. The van der Waals surface area contributed by atoms with Gasteiger partial charge in [0.2, 0.25) is 0 Å². The van der Waals surface area contributed by atoms with Gasteiger partial charge in [0.05, 0.1) is 20.9 Å². The fourth-order valence-corrected chi connectivity index (χ4v) is 3.85. The lowest BCUT2D eigenvalue weighted by molar-refractivity contribution is 0.627. The van der Waals surface area contributed by atoms with E-state index in [0.717, 1.165) is 15.6 Å². The molecule has 0 aliphatic heterocycles. The molecule has 3 rings (SSSR count). The topological polar surface area (TPSA) is 48.6 Å². The molecule has 1 heterocycles. The van der Waals surface area contributed by atoms with E-state index in [9.17, 15) is 9.18 Å². The van der Waals surface area contributed by atoms with E-state index in [0.29, 0.717) is 11.0 Å². The van der Waals surface area contributed by atoms with Crippen LogP contribution in [0.1, 0.15) is 16.0 Å². The second-order valence-corrected chi connectivity index (χ2v) is 6.71. The van der Waals surface area contributed by atoms with Gasteiger partial charge in [0.15, 0.2) is 0 Å². The van der Waals surface area contributed by atoms with Crippen molar-refractivity contribution in [3.8, 4) is 0 Å². The summed E-state index contributed by atoms with van der Waals surface area (Å²) in [4.78, 5) is 16.6. The Kier molecular flexibility index (Phi) is 3.94. The SMILES string of the molecule is O=c1[nH]c2cc(Br)c(C(Br)c3ccc(F)c(Cl)c3)cc2[nH]1. The molecule has 0 bridgehead atoms. The summed E-state index contributed by atoms with van der Waals surface area (Å²) in [6, 6.07) is 8.25. The quantitative estimate of drug-likeness (QED) is 0.554. The molecule has 21 heavy (non-hydrogen) atoms. The second kappa shape index (κ2) is 5.59. The number of halogens is 4. The molecule has 1 atom stereocenters. The Morgan fingerprint density at radius 2 is 1.81 bits per heavy atom. The number of imidazole rings is 1. The maximum atomic E-state index is 13.3. The molecule has 0 spiro atoms. The Morgan fingerprint density at radius 1 is 1.14 bits per heavy atom. The molecule has 2 N–H and O–H groups in total. The first kappa shape index (κ1) is 14.8. The number of nitrogens with one attached hydrogen (secondary N) is 2.